The Morgan fingerprint density at radius 2 is 0.742 bits per heavy atom. The van der Waals surface area contributed by atoms with E-state index in [-0.39, 0.29) is 33.3 Å². The zero-order valence-electron chi connectivity index (χ0n) is 38.2. The molecule has 0 fully saturated rings. The number of hydrogen-bond acceptors (Lipinski definition) is 9. The number of amides is 4. The molecule has 4 amide bonds. The third-order valence-electron chi connectivity index (χ3n) is 6.59. The van der Waals surface area contributed by atoms with Gasteiger partial charge in [0.1, 0.15) is 11.2 Å². The van der Waals surface area contributed by atoms with Crippen molar-refractivity contribution in [3.05, 3.63) is 119 Å². The summed E-state index contributed by atoms with van der Waals surface area (Å²) in [5.74, 6) is -1.18. The van der Waals surface area contributed by atoms with Crippen LogP contribution in [0.4, 0.5) is 32.3 Å². The lowest BCUT2D eigenvalue weighted by molar-refractivity contribution is 0.0596. The van der Waals surface area contributed by atoms with Crippen molar-refractivity contribution in [2.75, 3.05) is 28.4 Å². The Morgan fingerprint density at radius 3 is 1.02 bits per heavy atom. The third-order valence-corrected chi connectivity index (χ3v) is 6.59. The molecule has 62 heavy (non-hydrogen) atoms. The van der Waals surface area contributed by atoms with Gasteiger partial charge in [0.15, 0.2) is 0 Å². The topological polar surface area (TPSA) is 181 Å². The minimum absolute atomic E-state index is 0. The predicted octanol–water partition coefficient (Wildman–Crippen LogP) is 13.2. The number of methoxy groups -OCH3 is 1. The Morgan fingerprint density at radius 1 is 0.468 bits per heavy atom. The average Bonchev–Trinajstić information content (AvgIpc) is 3.23. The van der Waals surface area contributed by atoms with Crippen LogP contribution in [0, 0.1) is 0 Å². The predicted molar refractivity (Wildman–Crippen MR) is 258 cm³/mol. The van der Waals surface area contributed by atoms with Gasteiger partial charge in [-0.15, -0.1) is 0 Å². The van der Waals surface area contributed by atoms with Gasteiger partial charge in [0.2, 0.25) is 0 Å². The number of para-hydroxylation sites is 4. The highest BCUT2D eigenvalue weighted by Crippen LogP contribution is 2.24. The molecule has 0 aliphatic rings. The second-order valence-electron chi connectivity index (χ2n) is 13.2. The van der Waals surface area contributed by atoms with Crippen molar-refractivity contribution in [1.82, 2.24) is 0 Å². The smallest absolute Gasteiger partial charge is 0.412 e. The zero-order valence-corrected chi connectivity index (χ0v) is 38.2. The van der Waals surface area contributed by atoms with Gasteiger partial charge < -0.3 is 30.0 Å². The summed E-state index contributed by atoms with van der Waals surface area (Å²) in [7, 11) is 1.29. The van der Waals surface area contributed by atoms with Crippen LogP contribution in [0.1, 0.15) is 148 Å². The quantitative estimate of drug-likeness (QED) is 0.0850. The van der Waals surface area contributed by atoms with Gasteiger partial charge in [-0.25, -0.2) is 14.4 Å². The molecule has 0 spiro atoms. The summed E-state index contributed by atoms with van der Waals surface area (Å²) in [5, 5.41) is 19.8. The lowest BCUT2D eigenvalue weighted by Gasteiger charge is -2.20. The van der Waals surface area contributed by atoms with E-state index in [9.17, 15) is 24.0 Å². The van der Waals surface area contributed by atoms with Crippen molar-refractivity contribution < 1.29 is 43.3 Å². The summed E-state index contributed by atoms with van der Waals surface area (Å²) < 4.78 is 15.1. The van der Waals surface area contributed by atoms with Gasteiger partial charge in [-0.2, -0.15) is 0 Å². The van der Waals surface area contributed by atoms with E-state index in [0.29, 0.717) is 39.4 Å². The number of ether oxygens (including phenoxy) is 3. The number of benzene rings is 4. The zero-order chi connectivity index (χ0) is 46.5. The van der Waals surface area contributed by atoms with Gasteiger partial charge in [0.25, 0.3) is 11.8 Å². The van der Waals surface area contributed by atoms with E-state index in [1.165, 1.54) is 31.4 Å². The van der Waals surface area contributed by atoms with Gasteiger partial charge >= 0.3 is 18.2 Å². The van der Waals surface area contributed by atoms with Crippen molar-refractivity contribution in [3.8, 4) is 0 Å². The van der Waals surface area contributed by atoms with E-state index >= 15 is 0 Å². The summed E-state index contributed by atoms with van der Waals surface area (Å²) >= 11 is 0. The second kappa shape index (κ2) is 33.5. The Bertz CT molecular complexity index is 1860. The Balaban J connectivity index is -0.000000455. The molecule has 0 aliphatic carbocycles. The maximum atomic E-state index is 12.5. The maximum Gasteiger partial charge on any atom is 0.412 e. The molecule has 4 rings (SSSR count). The van der Waals surface area contributed by atoms with E-state index < -0.39 is 29.4 Å². The van der Waals surface area contributed by atoms with E-state index in [0.717, 1.165) is 5.56 Å². The highest BCUT2D eigenvalue weighted by atomic mass is 16.6. The average molecular weight is 865 g/mol. The standard InChI is InChI=1S/C20H22N2O5.C19H22N2O4.4C2H6.2CH4/c1-20(2,3)27-19(25)22-16-8-6-5-7-15(16)21-17(23)13-9-11-14(12-10-13)18(24)26-4;1-19(2,3)25-18(24)21-16-7-5-4-6-15(16)20-17(23)14-10-8-13(12-22)9-11-14;4*1-2;;/h5-12H,1-4H3,(H,21,23)(H,22,25);4-11,22H,12H2,1-3H3,(H,20,23)(H,21,24);4*1-2H3;2*1H4. The fraction of sp³-hybridized carbons (Fsp3) is 0.408. The van der Waals surface area contributed by atoms with Gasteiger partial charge in [-0.05, 0) is 108 Å². The fourth-order valence-corrected chi connectivity index (χ4v) is 4.26. The summed E-state index contributed by atoms with van der Waals surface area (Å²) in [5.41, 5.74) is 2.36. The first kappa shape index (κ1) is 62.4. The van der Waals surface area contributed by atoms with Crippen LogP contribution in [0.15, 0.2) is 97.1 Å². The lowest BCUT2D eigenvalue weighted by Crippen LogP contribution is -2.27. The van der Waals surface area contributed by atoms with Crippen LogP contribution >= 0.6 is 0 Å². The van der Waals surface area contributed by atoms with Gasteiger partial charge in [-0.3, -0.25) is 20.2 Å². The van der Waals surface area contributed by atoms with Crippen LogP contribution in [0.3, 0.4) is 0 Å². The molecule has 0 heterocycles. The Hall–Kier alpha value is -6.21. The molecule has 0 aromatic heterocycles. The molecule has 0 unspecified atom stereocenters. The van der Waals surface area contributed by atoms with Crippen molar-refractivity contribution in [2.45, 2.75) is 130 Å². The first-order chi connectivity index (χ1) is 28.5. The molecule has 13 nitrogen and oxygen atoms in total. The number of rotatable bonds is 8. The lowest BCUT2D eigenvalue weighted by atomic mass is 10.1. The van der Waals surface area contributed by atoms with Crippen molar-refractivity contribution in [1.29, 1.82) is 0 Å². The van der Waals surface area contributed by atoms with E-state index in [1.54, 1.807) is 114 Å². The molecule has 13 heteroatoms. The molecule has 5 N–H and O–H groups in total. The van der Waals surface area contributed by atoms with E-state index in [1.807, 2.05) is 55.4 Å². The highest BCUT2D eigenvalue weighted by Gasteiger charge is 2.19. The molecule has 4 aromatic rings. The molecule has 0 saturated heterocycles. The number of carbonyl (C=O) groups is 5. The van der Waals surface area contributed by atoms with Crippen molar-refractivity contribution in [3.63, 3.8) is 0 Å². The number of hydrogen-bond donors (Lipinski definition) is 5. The highest BCUT2D eigenvalue weighted by molar-refractivity contribution is 6.08. The minimum atomic E-state index is -0.635. The maximum absolute atomic E-state index is 12.5. The molecule has 0 bridgehead atoms. The normalized spacial score (nSPS) is 9.42. The molecule has 346 valence electrons. The summed E-state index contributed by atoms with van der Waals surface area (Å²) in [6.07, 6.45) is -1.21. The van der Waals surface area contributed by atoms with Crippen LogP contribution in [-0.2, 0) is 20.8 Å². The summed E-state index contributed by atoms with van der Waals surface area (Å²) in [6.45, 7) is 26.5. The molecule has 0 saturated carbocycles. The number of nitrogens with one attached hydrogen (secondary N) is 4. The van der Waals surface area contributed by atoms with Crippen LogP contribution in [0.2, 0.25) is 0 Å². The van der Waals surface area contributed by atoms with Crippen molar-refractivity contribution >= 4 is 52.7 Å². The van der Waals surface area contributed by atoms with Gasteiger partial charge in [-0.1, -0.05) is 107 Å². The number of aliphatic hydroxyl groups excluding tert-OH is 1. The number of aliphatic hydroxyl groups is 1. The number of esters is 1. The largest absolute Gasteiger partial charge is 0.465 e. The molecular weight excluding hydrogens is 789 g/mol. The fourth-order valence-electron chi connectivity index (χ4n) is 4.26. The van der Waals surface area contributed by atoms with Crippen LogP contribution in [0.5, 0.6) is 0 Å². The Labute approximate surface area is 372 Å². The molecule has 0 radical (unpaired) electrons. The van der Waals surface area contributed by atoms with Crippen LogP contribution in [-0.4, -0.2) is 53.4 Å². The van der Waals surface area contributed by atoms with Crippen molar-refractivity contribution in [2.24, 2.45) is 0 Å². The summed E-state index contributed by atoms with van der Waals surface area (Å²) in [4.78, 5) is 60.2. The minimum Gasteiger partial charge on any atom is -0.465 e. The van der Waals surface area contributed by atoms with Crippen LogP contribution < -0.4 is 21.3 Å². The monoisotopic (exact) mass is 865 g/mol. The van der Waals surface area contributed by atoms with Gasteiger partial charge in [0, 0.05) is 11.1 Å². The third kappa shape index (κ3) is 24.8. The van der Waals surface area contributed by atoms with Crippen LogP contribution in [0.25, 0.3) is 0 Å². The first-order valence-electron chi connectivity index (χ1n) is 20.2. The number of anilines is 4. The molecule has 4 aromatic carbocycles. The number of carbonyl (C=O) groups excluding carboxylic acids is 5. The van der Waals surface area contributed by atoms with E-state index in [4.69, 9.17) is 14.6 Å². The molecule has 0 aliphatic heterocycles. The SMILES string of the molecule is C.C.CC.CC.CC.CC.CC(C)(C)OC(=O)Nc1ccccc1NC(=O)c1ccc(CO)cc1.COC(=O)c1ccc(C(=O)Nc2ccccc2NC(=O)OC(C)(C)C)cc1. The second-order valence-corrected chi connectivity index (χ2v) is 13.2. The first-order valence-corrected chi connectivity index (χ1v) is 20.2. The van der Waals surface area contributed by atoms with E-state index in [2.05, 4.69) is 26.0 Å². The Kier molecular flexibility index (Phi) is 33.7. The molecular formula is C49H76N4O9. The molecule has 0 atom stereocenters. The summed E-state index contributed by atoms with van der Waals surface area (Å²) in [6, 6.07) is 26.3. The van der Waals surface area contributed by atoms with Gasteiger partial charge in [0.05, 0.1) is 42.0 Å².